The van der Waals surface area contributed by atoms with Gasteiger partial charge in [-0.15, -0.1) is 0 Å². The Morgan fingerprint density at radius 2 is 2.00 bits per heavy atom. The first kappa shape index (κ1) is 15.3. The molecule has 4 nitrogen and oxygen atoms in total. The fourth-order valence-corrected chi connectivity index (χ4v) is 4.79. The molecule has 0 unspecified atom stereocenters. The highest BCUT2D eigenvalue weighted by atomic mass is 32.2. The molecule has 2 rings (SSSR count). The Balaban J connectivity index is 2.24. The minimum atomic E-state index is -3.08. The summed E-state index contributed by atoms with van der Waals surface area (Å²) in [7, 11) is 0.379. The van der Waals surface area contributed by atoms with E-state index in [9.17, 15) is 8.42 Å². The maximum Gasteiger partial charge on any atom is 0.157 e. The fraction of sp³-hybridized carbons (Fsp3) is 0.600. The predicted molar refractivity (Wildman–Crippen MR) is 80.6 cm³/mol. The van der Waals surface area contributed by atoms with Crippen molar-refractivity contribution in [3.05, 3.63) is 29.3 Å². The third-order valence-corrected chi connectivity index (χ3v) is 6.09. The SMILES string of the molecule is CNCc1ccc(OC)c(CS(=O)(=O)C2CCCC2)c1. The van der Waals surface area contributed by atoms with E-state index in [4.69, 9.17) is 4.74 Å². The van der Waals surface area contributed by atoms with Crippen molar-refractivity contribution in [1.82, 2.24) is 5.32 Å². The second-order valence-electron chi connectivity index (χ2n) is 5.39. The second-order valence-corrected chi connectivity index (χ2v) is 7.67. The van der Waals surface area contributed by atoms with Gasteiger partial charge in [-0.1, -0.05) is 18.9 Å². The summed E-state index contributed by atoms with van der Waals surface area (Å²) in [6.45, 7) is 0.723. The third-order valence-electron chi connectivity index (χ3n) is 3.89. The first-order valence-electron chi connectivity index (χ1n) is 7.09. The zero-order valence-corrected chi connectivity index (χ0v) is 13.0. The normalized spacial score (nSPS) is 16.5. The van der Waals surface area contributed by atoms with Gasteiger partial charge in [0.1, 0.15) is 5.75 Å². The highest BCUT2D eigenvalue weighted by Crippen LogP contribution is 2.30. The van der Waals surface area contributed by atoms with Crippen LogP contribution in [0.1, 0.15) is 36.8 Å². The number of rotatable bonds is 6. The van der Waals surface area contributed by atoms with E-state index in [0.29, 0.717) is 5.75 Å². The van der Waals surface area contributed by atoms with Crippen LogP contribution in [0.5, 0.6) is 5.75 Å². The average molecular weight is 297 g/mol. The third kappa shape index (κ3) is 3.52. The number of methoxy groups -OCH3 is 1. The number of sulfone groups is 1. The van der Waals surface area contributed by atoms with Gasteiger partial charge < -0.3 is 10.1 Å². The summed E-state index contributed by atoms with van der Waals surface area (Å²) in [6, 6.07) is 5.75. The molecule has 1 aliphatic carbocycles. The molecule has 0 amide bonds. The fourth-order valence-electron chi connectivity index (χ4n) is 2.84. The summed E-state index contributed by atoms with van der Waals surface area (Å²) in [5.41, 5.74) is 1.84. The predicted octanol–water partition coefficient (Wildman–Crippen LogP) is 2.27. The van der Waals surface area contributed by atoms with E-state index in [1.807, 2.05) is 25.2 Å². The molecule has 1 aliphatic rings. The van der Waals surface area contributed by atoms with Crippen molar-refractivity contribution in [1.29, 1.82) is 0 Å². The van der Waals surface area contributed by atoms with E-state index >= 15 is 0 Å². The second kappa shape index (κ2) is 6.59. The van der Waals surface area contributed by atoms with Crippen molar-refractivity contribution < 1.29 is 13.2 Å². The molecule has 0 saturated heterocycles. The molecule has 0 bridgehead atoms. The summed E-state index contributed by atoms with van der Waals surface area (Å²) in [5, 5.41) is 2.91. The van der Waals surface area contributed by atoms with Crippen LogP contribution in [-0.2, 0) is 22.1 Å². The van der Waals surface area contributed by atoms with Crippen molar-refractivity contribution in [2.75, 3.05) is 14.2 Å². The molecule has 1 N–H and O–H groups in total. The van der Waals surface area contributed by atoms with Gasteiger partial charge >= 0.3 is 0 Å². The molecule has 5 heteroatoms. The monoisotopic (exact) mass is 297 g/mol. The van der Waals surface area contributed by atoms with Crippen LogP contribution in [0, 0.1) is 0 Å². The van der Waals surface area contributed by atoms with E-state index in [0.717, 1.165) is 43.4 Å². The summed E-state index contributed by atoms with van der Waals surface area (Å²) < 4.78 is 30.2. The summed E-state index contributed by atoms with van der Waals surface area (Å²) >= 11 is 0. The number of ether oxygens (including phenoxy) is 1. The van der Waals surface area contributed by atoms with E-state index in [2.05, 4.69) is 5.32 Å². The lowest BCUT2D eigenvalue weighted by Gasteiger charge is -2.14. The Hall–Kier alpha value is -1.07. The van der Waals surface area contributed by atoms with Crippen LogP contribution >= 0.6 is 0 Å². The molecule has 1 saturated carbocycles. The number of benzene rings is 1. The lowest BCUT2D eigenvalue weighted by atomic mass is 10.1. The highest BCUT2D eigenvalue weighted by molar-refractivity contribution is 7.91. The molecule has 1 fully saturated rings. The molecule has 0 heterocycles. The van der Waals surface area contributed by atoms with Crippen LogP contribution in [0.15, 0.2) is 18.2 Å². The molecule has 1 aromatic carbocycles. The van der Waals surface area contributed by atoms with Crippen molar-refractivity contribution in [3.8, 4) is 5.75 Å². The van der Waals surface area contributed by atoms with Crippen LogP contribution in [-0.4, -0.2) is 27.8 Å². The van der Waals surface area contributed by atoms with Gasteiger partial charge in [-0.25, -0.2) is 8.42 Å². The van der Waals surface area contributed by atoms with Crippen LogP contribution in [0.4, 0.5) is 0 Å². The Morgan fingerprint density at radius 1 is 1.30 bits per heavy atom. The Bertz CT molecular complexity index is 548. The molecule has 112 valence electrons. The molecule has 0 spiro atoms. The number of nitrogens with one attached hydrogen (secondary N) is 1. The average Bonchev–Trinajstić information content (AvgIpc) is 2.94. The van der Waals surface area contributed by atoms with Crippen LogP contribution in [0.3, 0.4) is 0 Å². The lowest BCUT2D eigenvalue weighted by Crippen LogP contribution is -2.20. The van der Waals surface area contributed by atoms with Gasteiger partial charge in [0.05, 0.1) is 18.1 Å². The van der Waals surface area contributed by atoms with Crippen LogP contribution in [0.2, 0.25) is 0 Å². The zero-order chi connectivity index (χ0) is 14.6. The minimum absolute atomic E-state index is 0.0817. The minimum Gasteiger partial charge on any atom is -0.496 e. The Labute approximate surface area is 121 Å². The number of hydrogen-bond donors (Lipinski definition) is 1. The Morgan fingerprint density at radius 3 is 2.60 bits per heavy atom. The smallest absolute Gasteiger partial charge is 0.157 e. The number of hydrogen-bond acceptors (Lipinski definition) is 4. The lowest BCUT2D eigenvalue weighted by molar-refractivity contribution is 0.410. The van der Waals surface area contributed by atoms with Gasteiger partial charge in [-0.2, -0.15) is 0 Å². The molecule has 0 atom stereocenters. The van der Waals surface area contributed by atoms with Crippen molar-refractivity contribution in [2.45, 2.75) is 43.2 Å². The Kier molecular flexibility index (Phi) is 5.05. The molecule has 0 aromatic heterocycles. The topological polar surface area (TPSA) is 55.4 Å². The summed E-state index contributed by atoms with van der Waals surface area (Å²) in [5.74, 6) is 0.740. The van der Waals surface area contributed by atoms with Gasteiger partial charge in [-0.3, -0.25) is 0 Å². The van der Waals surface area contributed by atoms with Gasteiger partial charge in [-0.05, 0) is 37.6 Å². The van der Waals surface area contributed by atoms with Crippen LogP contribution < -0.4 is 10.1 Å². The first-order valence-corrected chi connectivity index (χ1v) is 8.80. The van der Waals surface area contributed by atoms with Gasteiger partial charge in [0.2, 0.25) is 0 Å². The standard InChI is InChI=1S/C15H23NO3S/c1-16-10-12-7-8-15(19-2)13(9-12)11-20(17,18)14-5-3-4-6-14/h7-9,14,16H,3-6,10-11H2,1-2H3. The van der Waals surface area contributed by atoms with Crippen LogP contribution in [0.25, 0.3) is 0 Å². The van der Waals surface area contributed by atoms with Crippen molar-refractivity contribution in [3.63, 3.8) is 0 Å². The molecule has 0 radical (unpaired) electrons. The van der Waals surface area contributed by atoms with Gasteiger partial charge in [0.15, 0.2) is 9.84 Å². The molecule has 20 heavy (non-hydrogen) atoms. The summed E-state index contributed by atoms with van der Waals surface area (Å²) in [4.78, 5) is 0. The van der Waals surface area contributed by atoms with Gasteiger partial charge in [0, 0.05) is 12.1 Å². The van der Waals surface area contributed by atoms with E-state index in [1.165, 1.54) is 0 Å². The zero-order valence-electron chi connectivity index (χ0n) is 12.2. The maximum atomic E-state index is 12.5. The molecule has 1 aromatic rings. The van der Waals surface area contributed by atoms with Gasteiger partial charge in [0.25, 0.3) is 0 Å². The van der Waals surface area contributed by atoms with E-state index in [-0.39, 0.29) is 11.0 Å². The van der Waals surface area contributed by atoms with E-state index < -0.39 is 9.84 Å². The first-order chi connectivity index (χ1) is 9.56. The maximum absolute atomic E-state index is 12.5. The summed E-state index contributed by atoms with van der Waals surface area (Å²) in [6.07, 6.45) is 3.67. The van der Waals surface area contributed by atoms with Crippen molar-refractivity contribution in [2.24, 2.45) is 0 Å². The highest BCUT2D eigenvalue weighted by Gasteiger charge is 2.29. The molecule has 0 aliphatic heterocycles. The molecular weight excluding hydrogens is 274 g/mol. The van der Waals surface area contributed by atoms with E-state index in [1.54, 1.807) is 7.11 Å². The quantitative estimate of drug-likeness (QED) is 0.875. The molecular formula is C15H23NO3S. The largest absolute Gasteiger partial charge is 0.496 e. The van der Waals surface area contributed by atoms with Crippen molar-refractivity contribution >= 4 is 9.84 Å².